The summed E-state index contributed by atoms with van der Waals surface area (Å²) in [4.78, 5) is 4.68. The number of aromatic hydroxyl groups is 1. The summed E-state index contributed by atoms with van der Waals surface area (Å²) in [5.41, 5.74) is 0.498. The third-order valence-corrected chi connectivity index (χ3v) is 10.2. The average molecular weight is 739 g/mol. The molecule has 0 unspecified atom stereocenters. The van der Waals surface area contributed by atoms with Crippen LogP contribution in [0, 0.1) is 0 Å². The Bertz CT molecular complexity index is 1280. The van der Waals surface area contributed by atoms with Crippen molar-refractivity contribution in [3.8, 4) is 11.5 Å². The summed E-state index contributed by atoms with van der Waals surface area (Å²) in [6.45, 7) is 26.3. The van der Waals surface area contributed by atoms with E-state index in [0.29, 0.717) is 6.61 Å². The monoisotopic (exact) mass is 738 g/mol. The number of ether oxygens (including phenoxy) is 3. The van der Waals surface area contributed by atoms with Crippen LogP contribution in [0.4, 0.5) is 0 Å². The molecule has 4 aliphatic heterocycles. The van der Waals surface area contributed by atoms with Crippen molar-refractivity contribution < 1.29 is 37.9 Å². The van der Waals surface area contributed by atoms with Crippen molar-refractivity contribution in [2.75, 3.05) is 78.2 Å². The molecule has 1 N–H and O–H groups in total. The summed E-state index contributed by atoms with van der Waals surface area (Å²) in [6.07, 6.45) is 0. The smallest absolute Gasteiger partial charge is 0.494 e. The standard InChI is InChI=1S/C18H28BNO4.C12H17BO3.C6H12ClNO.ClH/c1-17(2)18(3,4)24-19(23-17)15-6-5-7-16(14-15)22-13-10-20-8-11-21-12-9-20;1-11(2)12(3,4)16-13(15-11)9-6-5-7-10(14)8-9;7-1-2-8-3-5-9-6-4-8;/h5-7,14H,8-13H2,1-4H3;5-8,14H,1-4H3;1-6H2;1H. The SMILES string of the molecule is CC1(C)OB(c2cccc(O)c2)OC1(C)C.CC1(C)OB(c2cccc(OCCN3CCOCC3)c2)OC1(C)C.Cl.ClCCN1CCOCC1. The van der Waals surface area contributed by atoms with Crippen molar-refractivity contribution in [2.45, 2.75) is 77.8 Å². The van der Waals surface area contributed by atoms with E-state index in [9.17, 15) is 5.11 Å². The summed E-state index contributed by atoms with van der Waals surface area (Å²) in [7, 11) is -0.755. The van der Waals surface area contributed by atoms with Gasteiger partial charge in [0.15, 0.2) is 0 Å². The Morgan fingerprint density at radius 2 is 1.08 bits per heavy atom. The Kier molecular flexibility index (Phi) is 16.2. The molecule has 0 aromatic heterocycles. The van der Waals surface area contributed by atoms with Gasteiger partial charge in [-0.25, -0.2) is 0 Å². The van der Waals surface area contributed by atoms with Gasteiger partial charge in [0.05, 0.1) is 48.8 Å². The van der Waals surface area contributed by atoms with Gasteiger partial charge in [-0.3, -0.25) is 9.80 Å². The number of rotatable bonds is 8. The Morgan fingerprint density at radius 1 is 0.660 bits per heavy atom. The van der Waals surface area contributed by atoms with E-state index in [1.54, 1.807) is 18.2 Å². The molecule has 6 rings (SSSR count). The first-order valence-electron chi connectivity index (χ1n) is 17.5. The molecule has 10 nitrogen and oxygen atoms in total. The van der Waals surface area contributed by atoms with Gasteiger partial charge < -0.3 is 37.9 Å². The molecule has 0 spiro atoms. The van der Waals surface area contributed by atoms with Gasteiger partial charge in [0.25, 0.3) is 0 Å². The number of benzene rings is 2. The quantitative estimate of drug-likeness (QED) is 0.311. The van der Waals surface area contributed by atoms with E-state index in [1.807, 2.05) is 58.0 Å². The molecule has 0 aliphatic carbocycles. The summed E-state index contributed by atoms with van der Waals surface area (Å²) in [6, 6.07) is 15.0. The van der Waals surface area contributed by atoms with E-state index in [-0.39, 0.29) is 47.7 Å². The lowest BCUT2D eigenvalue weighted by Crippen LogP contribution is -2.41. The van der Waals surface area contributed by atoms with Crippen LogP contribution in [-0.2, 0) is 28.1 Å². The molecule has 0 saturated carbocycles. The van der Waals surface area contributed by atoms with Crippen LogP contribution in [0.25, 0.3) is 0 Å². The fourth-order valence-corrected chi connectivity index (χ4v) is 5.68. The van der Waals surface area contributed by atoms with Crippen LogP contribution in [0.2, 0.25) is 0 Å². The molecule has 0 atom stereocenters. The molecule has 280 valence electrons. The van der Waals surface area contributed by atoms with Crippen molar-refractivity contribution in [3.05, 3.63) is 48.5 Å². The first kappa shape index (κ1) is 42.8. The van der Waals surface area contributed by atoms with Gasteiger partial charge in [0.2, 0.25) is 0 Å². The van der Waals surface area contributed by atoms with Crippen LogP contribution in [0.5, 0.6) is 11.5 Å². The predicted molar refractivity (Wildman–Crippen MR) is 204 cm³/mol. The normalized spacial score (nSPS) is 22.4. The molecule has 50 heavy (non-hydrogen) atoms. The Balaban J connectivity index is 0.000000224. The van der Waals surface area contributed by atoms with E-state index in [1.165, 1.54) is 0 Å². The first-order chi connectivity index (χ1) is 23.1. The molecule has 0 bridgehead atoms. The van der Waals surface area contributed by atoms with Gasteiger partial charge in [-0.2, -0.15) is 0 Å². The van der Waals surface area contributed by atoms with Crippen LogP contribution in [0.1, 0.15) is 55.4 Å². The zero-order valence-corrected chi connectivity index (χ0v) is 32.8. The number of hydrogen-bond donors (Lipinski definition) is 1. The largest absolute Gasteiger partial charge is 0.508 e. The van der Waals surface area contributed by atoms with Crippen molar-refractivity contribution in [1.29, 1.82) is 0 Å². The summed E-state index contributed by atoms with van der Waals surface area (Å²) in [5, 5.41) is 9.42. The van der Waals surface area contributed by atoms with Crippen LogP contribution >= 0.6 is 24.0 Å². The highest BCUT2D eigenvalue weighted by Crippen LogP contribution is 2.37. The van der Waals surface area contributed by atoms with Gasteiger partial charge >= 0.3 is 14.2 Å². The number of alkyl halides is 1. The summed E-state index contributed by atoms with van der Waals surface area (Å²) in [5.74, 6) is 1.82. The average Bonchev–Trinajstić information content (AvgIpc) is 3.42. The van der Waals surface area contributed by atoms with Crippen LogP contribution in [0.15, 0.2) is 48.5 Å². The van der Waals surface area contributed by atoms with Gasteiger partial charge in [0, 0.05) is 45.1 Å². The maximum absolute atomic E-state index is 9.42. The maximum Gasteiger partial charge on any atom is 0.494 e. The molecule has 4 saturated heterocycles. The van der Waals surface area contributed by atoms with E-state index in [2.05, 4.69) is 37.5 Å². The van der Waals surface area contributed by atoms with Crippen LogP contribution < -0.4 is 15.7 Å². The third-order valence-electron chi connectivity index (χ3n) is 10.1. The van der Waals surface area contributed by atoms with E-state index in [0.717, 1.165) is 88.3 Å². The molecular weight excluding hydrogens is 681 g/mol. The van der Waals surface area contributed by atoms with Crippen molar-refractivity contribution in [2.24, 2.45) is 0 Å². The lowest BCUT2D eigenvalue weighted by molar-refractivity contribution is 0.00578. The summed E-state index contributed by atoms with van der Waals surface area (Å²) < 4.78 is 40.4. The molecule has 4 aliphatic rings. The fraction of sp³-hybridized carbons (Fsp3) is 0.667. The Morgan fingerprint density at radius 3 is 1.52 bits per heavy atom. The zero-order chi connectivity index (χ0) is 35.7. The number of hydrogen-bond acceptors (Lipinski definition) is 10. The number of phenols is 1. The fourth-order valence-electron chi connectivity index (χ4n) is 5.44. The van der Waals surface area contributed by atoms with Gasteiger partial charge in [-0.05, 0) is 90.6 Å². The second-order valence-electron chi connectivity index (χ2n) is 14.8. The first-order valence-corrected chi connectivity index (χ1v) is 18.0. The second kappa shape index (κ2) is 19.0. The van der Waals surface area contributed by atoms with Crippen molar-refractivity contribution in [1.82, 2.24) is 9.80 Å². The minimum Gasteiger partial charge on any atom is -0.508 e. The highest BCUT2D eigenvalue weighted by atomic mass is 35.5. The number of morpholine rings is 2. The van der Waals surface area contributed by atoms with E-state index >= 15 is 0 Å². The Hall–Kier alpha value is -1.57. The number of phenolic OH excluding ortho intramolecular Hbond substituents is 1. The lowest BCUT2D eigenvalue weighted by atomic mass is 9.79. The van der Waals surface area contributed by atoms with Crippen LogP contribution in [0.3, 0.4) is 0 Å². The van der Waals surface area contributed by atoms with Crippen molar-refractivity contribution >= 4 is 49.2 Å². The van der Waals surface area contributed by atoms with Crippen molar-refractivity contribution in [3.63, 3.8) is 0 Å². The topological polar surface area (TPSA) is 91.3 Å². The number of nitrogens with zero attached hydrogens (tertiary/aromatic N) is 2. The lowest BCUT2D eigenvalue weighted by Gasteiger charge is -2.32. The minimum absolute atomic E-state index is 0. The van der Waals surface area contributed by atoms with Gasteiger partial charge in [0.1, 0.15) is 18.1 Å². The highest BCUT2D eigenvalue weighted by Gasteiger charge is 2.52. The number of halogens is 2. The maximum atomic E-state index is 9.42. The minimum atomic E-state index is -0.405. The van der Waals surface area contributed by atoms with Crippen LogP contribution in [-0.4, -0.2) is 130 Å². The van der Waals surface area contributed by atoms with Gasteiger partial charge in [-0.15, -0.1) is 24.0 Å². The second-order valence-corrected chi connectivity index (χ2v) is 15.2. The predicted octanol–water partition coefficient (Wildman–Crippen LogP) is 4.37. The third kappa shape index (κ3) is 12.0. The van der Waals surface area contributed by atoms with E-state index in [4.69, 9.17) is 44.4 Å². The molecule has 4 fully saturated rings. The zero-order valence-electron chi connectivity index (χ0n) is 31.2. The molecule has 4 heterocycles. The molecule has 2 aromatic rings. The highest BCUT2D eigenvalue weighted by molar-refractivity contribution is 6.62. The molecule has 2 aromatic carbocycles. The molecule has 0 amide bonds. The summed E-state index contributed by atoms with van der Waals surface area (Å²) >= 11 is 5.55. The Labute approximate surface area is 312 Å². The van der Waals surface area contributed by atoms with Gasteiger partial charge in [-0.1, -0.05) is 24.3 Å². The van der Waals surface area contributed by atoms with E-state index < -0.39 is 7.12 Å². The molecular formula is C36H58B2Cl2N2O8. The molecule has 14 heteroatoms. The molecule has 0 radical (unpaired) electrons.